The molecule has 4 aromatic rings. The Morgan fingerprint density at radius 3 is 2.71 bits per heavy atom. The van der Waals surface area contributed by atoms with Gasteiger partial charge in [-0.05, 0) is 65.2 Å². The maximum absolute atomic E-state index is 13.9. The lowest BCUT2D eigenvalue weighted by Crippen LogP contribution is -2.40. The Morgan fingerprint density at radius 2 is 2.02 bits per heavy atom. The van der Waals surface area contributed by atoms with Gasteiger partial charge in [0.2, 0.25) is 0 Å². The number of halogens is 1. The normalized spacial score (nSPS) is 14.9. The number of thiazole rings is 1. The van der Waals surface area contributed by atoms with Gasteiger partial charge in [0.05, 0.1) is 40.5 Å². The molecule has 0 spiro atoms. The zero-order chi connectivity index (χ0) is 30.0. The number of nitro groups is 1. The lowest BCUT2D eigenvalue weighted by atomic mass is 9.94. The molecule has 0 radical (unpaired) electrons. The fourth-order valence-corrected chi connectivity index (χ4v) is 6.33. The van der Waals surface area contributed by atoms with Crippen LogP contribution < -0.4 is 19.6 Å². The second kappa shape index (κ2) is 12.3. The average Bonchev–Trinajstić information content (AvgIpc) is 3.56. The van der Waals surface area contributed by atoms with Crippen molar-refractivity contribution in [1.82, 2.24) is 4.57 Å². The Morgan fingerprint density at radius 1 is 1.21 bits per heavy atom. The molecule has 42 heavy (non-hydrogen) atoms. The molecule has 5 rings (SSSR count). The Labute approximate surface area is 252 Å². The number of nitro benzene ring substituents is 1. The molecule has 10 nitrogen and oxygen atoms in total. The number of rotatable bonds is 9. The average molecular weight is 653 g/mol. The molecular formula is C30H26BrN3O7S. The lowest BCUT2D eigenvalue weighted by molar-refractivity contribution is -0.384. The van der Waals surface area contributed by atoms with Gasteiger partial charge in [-0.1, -0.05) is 36.8 Å². The van der Waals surface area contributed by atoms with Gasteiger partial charge in [-0.3, -0.25) is 19.5 Å². The van der Waals surface area contributed by atoms with Crippen molar-refractivity contribution in [3.63, 3.8) is 0 Å². The van der Waals surface area contributed by atoms with Crippen LogP contribution in [0.15, 0.2) is 84.5 Å². The fraction of sp³-hybridized carbons (Fsp3) is 0.233. The third-order valence-corrected chi connectivity index (χ3v) is 8.27. The van der Waals surface area contributed by atoms with Gasteiger partial charge in [-0.15, -0.1) is 0 Å². The molecule has 0 aliphatic carbocycles. The lowest BCUT2D eigenvalue weighted by Gasteiger charge is -2.26. The van der Waals surface area contributed by atoms with Crippen LogP contribution in [0.2, 0.25) is 0 Å². The Kier molecular flexibility index (Phi) is 8.55. The second-order valence-electron chi connectivity index (χ2n) is 9.31. The zero-order valence-corrected chi connectivity index (χ0v) is 25.4. The van der Waals surface area contributed by atoms with Gasteiger partial charge >= 0.3 is 5.97 Å². The van der Waals surface area contributed by atoms with Crippen LogP contribution in [0, 0.1) is 10.1 Å². The van der Waals surface area contributed by atoms with Crippen LogP contribution in [0.25, 0.3) is 17.4 Å². The molecule has 0 N–H and O–H groups in total. The molecule has 1 unspecified atom stereocenters. The fourth-order valence-electron chi connectivity index (χ4n) is 4.77. The molecule has 0 bridgehead atoms. The van der Waals surface area contributed by atoms with Gasteiger partial charge in [0, 0.05) is 28.2 Å². The van der Waals surface area contributed by atoms with E-state index >= 15 is 0 Å². The molecule has 3 heterocycles. The van der Waals surface area contributed by atoms with E-state index in [1.807, 2.05) is 19.1 Å². The largest absolute Gasteiger partial charge is 0.497 e. The van der Waals surface area contributed by atoms with Gasteiger partial charge < -0.3 is 13.9 Å². The van der Waals surface area contributed by atoms with Gasteiger partial charge in [-0.2, -0.15) is 0 Å². The predicted octanol–water partition coefficient (Wildman–Crippen LogP) is 5.52. The quantitative estimate of drug-likeness (QED) is 0.133. The standard InChI is InChI=1S/C30H26BrN3O7S/c1-4-7-23-26(29(36)40-5-2)27(17-8-6-9-19(14-17)39-3)33-28(35)25(42-30(33)32-23)16-20-11-13-24(41-20)21-12-10-18(34(37)38)15-22(21)31/h6,8-16,27H,4-5,7H2,1-3H3/b25-16-. The summed E-state index contributed by atoms with van der Waals surface area (Å²) in [6, 6.07) is 14.3. The first-order valence-electron chi connectivity index (χ1n) is 13.2. The first-order chi connectivity index (χ1) is 20.2. The summed E-state index contributed by atoms with van der Waals surface area (Å²) in [6.45, 7) is 3.92. The van der Waals surface area contributed by atoms with Crippen LogP contribution in [0.5, 0.6) is 5.75 Å². The highest BCUT2D eigenvalue weighted by Crippen LogP contribution is 2.35. The van der Waals surface area contributed by atoms with E-state index in [2.05, 4.69) is 15.9 Å². The van der Waals surface area contributed by atoms with Crippen molar-refractivity contribution in [2.45, 2.75) is 32.7 Å². The highest BCUT2D eigenvalue weighted by molar-refractivity contribution is 9.10. The minimum atomic E-state index is -0.762. The van der Waals surface area contributed by atoms with Crippen LogP contribution in [-0.2, 0) is 9.53 Å². The van der Waals surface area contributed by atoms with E-state index in [4.69, 9.17) is 18.9 Å². The monoisotopic (exact) mass is 651 g/mol. The summed E-state index contributed by atoms with van der Waals surface area (Å²) in [7, 11) is 1.56. The highest BCUT2D eigenvalue weighted by Gasteiger charge is 2.34. The topological polar surface area (TPSA) is 126 Å². The molecule has 1 atom stereocenters. The number of benzene rings is 2. The van der Waals surface area contributed by atoms with Crippen molar-refractivity contribution in [1.29, 1.82) is 0 Å². The summed E-state index contributed by atoms with van der Waals surface area (Å²) >= 11 is 4.58. The minimum Gasteiger partial charge on any atom is -0.497 e. The van der Waals surface area contributed by atoms with Crippen molar-refractivity contribution in [3.8, 4) is 17.1 Å². The van der Waals surface area contributed by atoms with Crippen LogP contribution in [-0.4, -0.2) is 29.2 Å². The number of hydrogen-bond acceptors (Lipinski definition) is 9. The molecule has 12 heteroatoms. The number of aromatic nitrogens is 1. The highest BCUT2D eigenvalue weighted by atomic mass is 79.9. The third-order valence-electron chi connectivity index (χ3n) is 6.63. The molecule has 0 saturated heterocycles. The summed E-state index contributed by atoms with van der Waals surface area (Å²) in [4.78, 5) is 43.1. The van der Waals surface area contributed by atoms with Crippen molar-refractivity contribution in [3.05, 3.63) is 111 Å². The number of ether oxygens (including phenoxy) is 2. The molecule has 1 aliphatic heterocycles. The number of carbonyl (C=O) groups is 1. The van der Waals surface area contributed by atoms with E-state index in [0.29, 0.717) is 59.9 Å². The molecular weight excluding hydrogens is 626 g/mol. The number of furan rings is 1. The number of non-ortho nitro benzene ring substituents is 1. The number of allylic oxidation sites excluding steroid dienone is 1. The maximum atomic E-state index is 13.9. The van der Waals surface area contributed by atoms with Crippen LogP contribution in [0.4, 0.5) is 5.69 Å². The van der Waals surface area contributed by atoms with E-state index in [-0.39, 0.29) is 17.9 Å². The second-order valence-corrected chi connectivity index (χ2v) is 11.2. The van der Waals surface area contributed by atoms with Crippen LogP contribution in [0.1, 0.15) is 44.1 Å². The summed E-state index contributed by atoms with van der Waals surface area (Å²) in [5, 5.41) is 11.1. The van der Waals surface area contributed by atoms with Crippen molar-refractivity contribution in [2.24, 2.45) is 4.99 Å². The maximum Gasteiger partial charge on any atom is 0.338 e. The first kappa shape index (κ1) is 29.2. The van der Waals surface area contributed by atoms with Crippen LogP contribution >= 0.6 is 27.3 Å². The van der Waals surface area contributed by atoms with Crippen molar-refractivity contribution >= 4 is 45.0 Å². The number of methoxy groups -OCH3 is 1. The van der Waals surface area contributed by atoms with E-state index in [1.165, 1.54) is 28.0 Å². The Bertz CT molecular complexity index is 1900. The summed E-state index contributed by atoms with van der Waals surface area (Å²) < 4.78 is 19.3. The molecule has 2 aromatic carbocycles. The van der Waals surface area contributed by atoms with E-state index < -0.39 is 16.9 Å². The SMILES string of the molecule is CCCC1=C(C(=O)OCC)C(c2cccc(OC)c2)n2c(s/c(=C\c3ccc(-c4ccc([N+](=O)[O-])cc4Br)o3)c2=O)=N1. The van der Waals surface area contributed by atoms with Crippen molar-refractivity contribution in [2.75, 3.05) is 13.7 Å². The van der Waals surface area contributed by atoms with E-state index in [9.17, 15) is 19.7 Å². The van der Waals surface area contributed by atoms with Gasteiger partial charge in [-0.25, -0.2) is 9.79 Å². The Balaban J connectivity index is 1.65. The van der Waals surface area contributed by atoms with Crippen LogP contribution in [0.3, 0.4) is 0 Å². The summed E-state index contributed by atoms with van der Waals surface area (Å²) in [6.07, 6.45) is 2.91. The van der Waals surface area contributed by atoms with Gasteiger partial charge in [0.25, 0.3) is 11.2 Å². The number of nitrogens with zero attached hydrogens (tertiary/aromatic N) is 3. The minimum absolute atomic E-state index is 0.0475. The molecule has 1 aliphatic rings. The zero-order valence-electron chi connectivity index (χ0n) is 23.0. The number of hydrogen-bond donors (Lipinski definition) is 0. The number of carbonyl (C=O) groups excluding carboxylic acids is 1. The smallest absolute Gasteiger partial charge is 0.338 e. The third kappa shape index (κ3) is 5.59. The summed E-state index contributed by atoms with van der Waals surface area (Å²) in [5.41, 5.74) is 1.85. The molecule has 0 amide bonds. The van der Waals surface area contributed by atoms with Gasteiger partial charge in [0.1, 0.15) is 17.3 Å². The molecule has 216 valence electrons. The first-order valence-corrected chi connectivity index (χ1v) is 14.8. The predicted molar refractivity (Wildman–Crippen MR) is 161 cm³/mol. The van der Waals surface area contributed by atoms with Crippen molar-refractivity contribution < 1.29 is 23.6 Å². The molecule has 2 aromatic heterocycles. The van der Waals surface area contributed by atoms with E-state index in [1.54, 1.807) is 50.4 Å². The number of fused-ring (bicyclic) bond motifs is 1. The molecule has 0 fully saturated rings. The van der Waals surface area contributed by atoms with Gasteiger partial charge in [0.15, 0.2) is 4.80 Å². The van der Waals surface area contributed by atoms with E-state index in [0.717, 1.165) is 6.42 Å². The molecule has 0 saturated carbocycles. The Hall–Kier alpha value is -4.29. The summed E-state index contributed by atoms with van der Waals surface area (Å²) in [5.74, 6) is 0.959. The number of esters is 1.